The van der Waals surface area contributed by atoms with E-state index in [4.69, 9.17) is 0 Å². The summed E-state index contributed by atoms with van der Waals surface area (Å²) in [7, 11) is -1.47. The van der Waals surface area contributed by atoms with E-state index in [1.165, 1.54) is 0 Å². The summed E-state index contributed by atoms with van der Waals surface area (Å²) in [6.07, 6.45) is 0. The molecule has 0 aliphatic rings. The molecule has 0 saturated heterocycles. The highest BCUT2D eigenvalue weighted by molar-refractivity contribution is 6.62. The van der Waals surface area contributed by atoms with E-state index >= 15 is 0 Å². The van der Waals surface area contributed by atoms with Crippen molar-refractivity contribution in [3.63, 3.8) is 0 Å². The van der Waals surface area contributed by atoms with Gasteiger partial charge in [-0.25, -0.2) is 0 Å². The molecule has 0 fully saturated rings. The van der Waals surface area contributed by atoms with Gasteiger partial charge in [0.1, 0.15) is 0 Å². The molecule has 4 heteroatoms. The Morgan fingerprint density at radius 1 is 0.750 bits per heavy atom. The fourth-order valence-electron chi connectivity index (χ4n) is 2.93. The Kier molecular flexibility index (Phi) is 2.36. The molecule has 0 bridgehead atoms. The maximum atomic E-state index is 9.64. The van der Waals surface area contributed by atoms with E-state index in [1.807, 2.05) is 54.6 Å². The summed E-state index contributed by atoms with van der Waals surface area (Å²) in [5, 5.41) is 23.2. The number of para-hydroxylation sites is 1. The first kappa shape index (κ1) is 11.5. The van der Waals surface area contributed by atoms with E-state index in [-0.39, 0.29) is 0 Å². The molecule has 1 aromatic heterocycles. The van der Waals surface area contributed by atoms with E-state index in [9.17, 15) is 10.0 Å². The van der Waals surface area contributed by atoms with Crippen LogP contribution in [0.2, 0.25) is 0 Å². The molecular formula is C16H12BNO2. The largest absolute Gasteiger partial charge is 0.489 e. The van der Waals surface area contributed by atoms with Gasteiger partial charge in [-0.15, -0.1) is 0 Å². The lowest BCUT2D eigenvalue weighted by atomic mass is 9.76. The van der Waals surface area contributed by atoms with Gasteiger partial charge in [0.15, 0.2) is 0 Å². The third-order valence-electron chi connectivity index (χ3n) is 3.83. The van der Waals surface area contributed by atoms with Gasteiger partial charge in [-0.3, -0.25) is 0 Å². The fourth-order valence-corrected chi connectivity index (χ4v) is 2.93. The first-order valence-corrected chi connectivity index (χ1v) is 6.54. The number of aromatic amines is 1. The quantitative estimate of drug-likeness (QED) is 0.460. The molecule has 20 heavy (non-hydrogen) atoms. The minimum atomic E-state index is -1.47. The van der Waals surface area contributed by atoms with Crippen LogP contribution in [0.25, 0.3) is 32.6 Å². The first-order valence-electron chi connectivity index (χ1n) is 6.54. The van der Waals surface area contributed by atoms with Gasteiger partial charge >= 0.3 is 7.12 Å². The van der Waals surface area contributed by atoms with Gasteiger partial charge in [0.25, 0.3) is 0 Å². The topological polar surface area (TPSA) is 56.2 Å². The van der Waals surface area contributed by atoms with E-state index in [0.717, 1.165) is 32.6 Å². The van der Waals surface area contributed by atoms with Crippen molar-refractivity contribution in [2.24, 2.45) is 0 Å². The van der Waals surface area contributed by atoms with Crippen LogP contribution in [0.1, 0.15) is 0 Å². The smallest absolute Gasteiger partial charge is 0.423 e. The monoisotopic (exact) mass is 261 g/mol. The highest BCUT2D eigenvalue weighted by atomic mass is 16.4. The van der Waals surface area contributed by atoms with Crippen LogP contribution in [0.4, 0.5) is 0 Å². The van der Waals surface area contributed by atoms with Crippen LogP contribution in [-0.4, -0.2) is 22.2 Å². The third kappa shape index (κ3) is 1.49. The second-order valence-electron chi connectivity index (χ2n) is 4.98. The lowest BCUT2D eigenvalue weighted by Gasteiger charge is -2.07. The van der Waals surface area contributed by atoms with Crippen molar-refractivity contribution >= 4 is 45.2 Å². The molecule has 0 saturated carbocycles. The summed E-state index contributed by atoms with van der Waals surface area (Å²) in [6.45, 7) is 0. The molecule has 3 aromatic carbocycles. The number of nitrogens with one attached hydrogen (secondary N) is 1. The Bertz CT molecular complexity index is 943. The van der Waals surface area contributed by atoms with Crippen molar-refractivity contribution in [3.05, 3.63) is 54.6 Å². The summed E-state index contributed by atoms with van der Waals surface area (Å²) in [5.41, 5.74) is 2.63. The van der Waals surface area contributed by atoms with Gasteiger partial charge in [0.05, 0.1) is 5.52 Å². The van der Waals surface area contributed by atoms with Crippen molar-refractivity contribution in [1.82, 2.24) is 4.98 Å². The predicted molar refractivity (Wildman–Crippen MR) is 83.1 cm³/mol. The summed E-state index contributed by atoms with van der Waals surface area (Å²) in [5.74, 6) is 0. The fraction of sp³-hybridized carbons (Fsp3) is 0. The van der Waals surface area contributed by atoms with Crippen molar-refractivity contribution in [2.75, 3.05) is 0 Å². The van der Waals surface area contributed by atoms with Gasteiger partial charge in [-0.2, -0.15) is 0 Å². The molecule has 0 radical (unpaired) electrons. The molecule has 1 heterocycles. The molecule has 0 spiro atoms. The Labute approximate surface area is 115 Å². The third-order valence-corrected chi connectivity index (χ3v) is 3.83. The second kappa shape index (κ2) is 4.10. The molecule has 3 N–H and O–H groups in total. The van der Waals surface area contributed by atoms with E-state index in [1.54, 1.807) is 0 Å². The molecule has 4 rings (SSSR count). The van der Waals surface area contributed by atoms with Crippen molar-refractivity contribution < 1.29 is 10.0 Å². The van der Waals surface area contributed by atoms with Gasteiger partial charge in [-0.05, 0) is 16.9 Å². The van der Waals surface area contributed by atoms with Gasteiger partial charge in [-0.1, -0.05) is 48.5 Å². The Balaban J connectivity index is 2.30. The zero-order valence-corrected chi connectivity index (χ0v) is 10.7. The van der Waals surface area contributed by atoms with Crippen LogP contribution < -0.4 is 5.46 Å². The van der Waals surface area contributed by atoms with E-state index in [2.05, 4.69) is 4.98 Å². The number of hydrogen-bond acceptors (Lipinski definition) is 2. The molecule has 0 unspecified atom stereocenters. The molecule has 0 aliphatic heterocycles. The lowest BCUT2D eigenvalue weighted by Crippen LogP contribution is -2.30. The summed E-state index contributed by atoms with van der Waals surface area (Å²) in [4.78, 5) is 3.42. The van der Waals surface area contributed by atoms with Crippen molar-refractivity contribution in [1.29, 1.82) is 0 Å². The Morgan fingerprint density at radius 2 is 1.40 bits per heavy atom. The van der Waals surface area contributed by atoms with Crippen LogP contribution in [0, 0.1) is 0 Å². The maximum Gasteiger partial charge on any atom is 0.489 e. The molecule has 0 amide bonds. The molecule has 0 atom stereocenters. The van der Waals surface area contributed by atoms with Crippen LogP contribution in [0.15, 0.2) is 54.6 Å². The molecule has 3 nitrogen and oxygen atoms in total. The zero-order valence-electron chi connectivity index (χ0n) is 10.7. The molecule has 96 valence electrons. The minimum Gasteiger partial charge on any atom is -0.423 e. The van der Waals surface area contributed by atoms with Gasteiger partial charge < -0.3 is 15.0 Å². The Morgan fingerprint density at radius 3 is 2.15 bits per heavy atom. The average Bonchev–Trinajstić information content (AvgIpc) is 2.85. The second-order valence-corrected chi connectivity index (χ2v) is 4.98. The number of rotatable bonds is 1. The average molecular weight is 261 g/mol. The maximum absolute atomic E-state index is 9.64. The highest BCUT2D eigenvalue weighted by Crippen LogP contribution is 2.30. The van der Waals surface area contributed by atoms with Crippen LogP contribution in [0.3, 0.4) is 0 Å². The SMILES string of the molecule is OB(O)c1cc2c3ccccc3[nH]c2c2ccccc12. The first-order chi connectivity index (χ1) is 9.75. The van der Waals surface area contributed by atoms with Crippen LogP contribution >= 0.6 is 0 Å². The minimum absolute atomic E-state index is 0.540. The predicted octanol–water partition coefficient (Wildman–Crippen LogP) is 2.15. The number of hydrogen-bond donors (Lipinski definition) is 3. The number of aromatic nitrogens is 1. The van der Waals surface area contributed by atoms with Gasteiger partial charge in [0, 0.05) is 21.7 Å². The van der Waals surface area contributed by atoms with Crippen LogP contribution in [0.5, 0.6) is 0 Å². The summed E-state index contributed by atoms with van der Waals surface area (Å²) < 4.78 is 0. The van der Waals surface area contributed by atoms with Gasteiger partial charge in [0.2, 0.25) is 0 Å². The molecular weight excluding hydrogens is 249 g/mol. The number of benzene rings is 3. The number of fused-ring (bicyclic) bond motifs is 5. The zero-order chi connectivity index (χ0) is 13.7. The highest BCUT2D eigenvalue weighted by Gasteiger charge is 2.18. The normalized spacial score (nSPS) is 11.5. The van der Waals surface area contributed by atoms with E-state index in [0.29, 0.717) is 5.46 Å². The Hall–Kier alpha value is -2.30. The summed E-state index contributed by atoms with van der Waals surface area (Å²) >= 11 is 0. The van der Waals surface area contributed by atoms with Crippen LogP contribution in [-0.2, 0) is 0 Å². The standard InChI is InChI=1S/C16H12BNO2/c19-17(20)14-9-13-11-6-3-4-8-15(11)18-16(13)12-7-2-1-5-10(12)14/h1-9,18-20H. The molecule has 4 aromatic rings. The number of H-pyrrole nitrogens is 1. The lowest BCUT2D eigenvalue weighted by molar-refractivity contribution is 0.426. The van der Waals surface area contributed by atoms with E-state index < -0.39 is 7.12 Å². The van der Waals surface area contributed by atoms with Crippen molar-refractivity contribution in [3.8, 4) is 0 Å². The summed E-state index contributed by atoms with van der Waals surface area (Å²) in [6, 6.07) is 17.7. The molecule has 0 aliphatic carbocycles. The van der Waals surface area contributed by atoms with Crippen molar-refractivity contribution in [2.45, 2.75) is 0 Å².